The second-order valence-corrected chi connectivity index (χ2v) is 2.68. The zero-order chi connectivity index (χ0) is 10.4. The first-order chi connectivity index (χ1) is 6.74. The molecule has 4 heteroatoms. The zero-order valence-corrected chi connectivity index (χ0v) is 7.66. The molecule has 4 nitrogen and oxygen atoms in total. The summed E-state index contributed by atoms with van der Waals surface area (Å²) in [4.78, 5) is 14.7. The Bertz CT molecular complexity index is 351. The summed E-state index contributed by atoms with van der Waals surface area (Å²) in [6, 6.07) is 3.31. The maximum atomic E-state index is 10.7. The third kappa shape index (κ3) is 2.79. The van der Waals surface area contributed by atoms with Gasteiger partial charge in [-0.2, -0.15) is 0 Å². The molecule has 0 saturated heterocycles. The van der Waals surface area contributed by atoms with Crippen LogP contribution in [0.2, 0.25) is 0 Å². The second-order valence-electron chi connectivity index (χ2n) is 2.68. The minimum absolute atomic E-state index is 0.396. The quantitative estimate of drug-likeness (QED) is 0.538. The van der Waals surface area contributed by atoms with Crippen LogP contribution in [0.4, 0.5) is 5.82 Å². The summed E-state index contributed by atoms with van der Waals surface area (Å²) in [6.45, 7) is 0.666. The molecule has 0 bridgehead atoms. The van der Waals surface area contributed by atoms with Crippen molar-refractivity contribution in [3.8, 4) is 12.3 Å². The number of nitrogens with zero attached hydrogens (tertiary/aromatic N) is 1. The summed E-state index contributed by atoms with van der Waals surface area (Å²) < 4.78 is 0. The van der Waals surface area contributed by atoms with E-state index in [9.17, 15) is 4.79 Å². The molecule has 1 aromatic rings. The topological polar surface area (TPSA) is 68.0 Å². The SMILES string of the molecule is C#CCCNc1ccc(C(N)=O)cn1. The van der Waals surface area contributed by atoms with Crippen LogP contribution in [0.3, 0.4) is 0 Å². The van der Waals surface area contributed by atoms with Gasteiger partial charge in [0.1, 0.15) is 5.82 Å². The predicted molar refractivity (Wildman–Crippen MR) is 54.7 cm³/mol. The average Bonchev–Trinajstić information content (AvgIpc) is 2.19. The molecule has 0 aliphatic carbocycles. The Balaban J connectivity index is 2.56. The lowest BCUT2D eigenvalue weighted by Gasteiger charge is -2.02. The van der Waals surface area contributed by atoms with Crippen molar-refractivity contribution < 1.29 is 4.79 Å². The van der Waals surface area contributed by atoms with Crippen LogP contribution in [0.25, 0.3) is 0 Å². The molecule has 0 aliphatic heterocycles. The fourth-order valence-electron chi connectivity index (χ4n) is 0.907. The number of hydrogen-bond donors (Lipinski definition) is 2. The van der Waals surface area contributed by atoms with Gasteiger partial charge in [0.2, 0.25) is 5.91 Å². The largest absolute Gasteiger partial charge is 0.369 e. The number of primary amides is 1. The van der Waals surface area contributed by atoms with Crippen molar-refractivity contribution in [1.29, 1.82) is 0 Å². The van der Waals surface area contributed by atoms with E-state index in [1.165, 1.54) is 6.20 Å². The first-order valence-corrected chi connectivity index (χ1v) is 4.17. The Kier molecular flexibility index (Phi) is 3.50. The summed E-state index contributed by atoms with van der Waals surface area (Å²) >= 11 is 0. The van der Waals surface area contributed by atoms with Gasteiger partial charge in [0.25, 0.3) is 0 Å². The van der Waals surface area contributed by atoms with Crippen molar-refractivity contribution in [2.24, 2.45) is 5.73 Å². The Morgan fingerprint density at radius 1 is 1.64 bits per heavy atom. The van der Waals surface area contributed by atoms with Gasteiger partial charge in [0.15, 0.2) is 0 Å². The van der Waals surface area contributed by atoms with Gasteiger partial charge in [-0.1, -0.05) is 0 Å². The summed E-state index contributed by atoms with van der Waals surface area (Å²) in [5.41, 5.74) is 5.46. The lowest BCUT2D eigenvalue weighted by molar-refractivity contribution is 0.1000. The van der Waals surface area contributed by atoms with E-state index in [2.05, 4.69) is 16.2 Å². The van der Waals surface area contributed by atoms with Crippen LogP contribution in [0.1, 0.15) is 16.8 Å². The van der Waals surface area contributed by atoms with Gasteiger partial charge in [-0.25, -0.2) is 4.98 Å². The van der Waals surface area contributed by atoms with Gasteiger partial charge in [-0.05, 0) is 12.1 Å². The van der Waals surface area contributed by atoms with Gasteiger partial charge in [0, 0.05) is 19.2 Å². The minimum Gasteiger partial charge on any atom is -0.369 e. The van der Waals surface area contributed by atoms with Crippen LogP contribution in [0, 0.1) is 12.3 Å². The zero-order valence-electron chi connectivity index (χ0n) is 7.66. The lowest BCUT2D eigenvalue weighted by Crippen LogP contribution is -2.11. The number of nitrogens with two attached hydrogens (primary N) is 1. The summed E-state index contributed by atoms with van der Waals surface area (Å²) in [5, 5.41) is 3.01. The molecule has 0 spiro atoms. The highest BCUT2D eigenvalue weighted by atomic mass is 16.1. The molecule has 72 valence electrons. The minimum atomic E-state index is -0.479. The van der Waals surface area contributed by atoms with Crippen molar-refractivity contribution >= 4 is 11.7 Å². The molecule has 0 radical (unpaired) electrons. The van der Waals surface area contributed by atoms with Crippen LogP contribution in [-0.4, -0.2) is 17.4 Å². The summed E-state index contributed by atoms with van der Waals surface area (Å²) in [6.07, 6.45) is 7.15. The Morgan fingerprint density at radius 2 is 2.43 bits per heavy atom. The van der Waals surface area contributed by atoms with E-state index < -0.39 is 5.91 Å². The molecule has 0 atom stereocenters. The van der Waals surface area contributed by atoms with E-state index in [-0.39, 0.29) is 0 Å². The Morgan fingerprint density at radius 3 is 2.93 bits per heavy atom. The number of nitrogens with one attached hydrogen (secondary N) is 1. The van der Waals surface area contributed by atoms with Crippen molar-refractivity contribution in [3.63, 3.8) is 0 Å². The highest BCUT2D eigenvalue weighted by Gasteiger charge is 1.99. The molecule has 1 heterocycles. The third-order valence-corrected chi connectivity index (χ3v) is 1.62. The van der Waals surface area contributed by atoms with E-state index in [0.29, 0.717) is 24.3 Å². The predicted octanol–water partition coefficient (Wildman–Crippen LogP) is 0.616. The molecule has 0 aromatic carbocycles. The Hall–Kier alpha value is -2.02. The highest BCUT2D eigenvalue weighted by Crippen LogP contribution is 2.03. The lowest BCUT2D eigenvalue weighted by atomic mass is 10.3. The van der Waals surface area contributed by atoms with Crippen molar-refractivity contribution in [2.75, 3.05) is 11.9 Å². The second kappa shape index (κ2) is 4.87. The monoisotopic (exact) mass is 189 g/mol. The molecule has 0 aliphatic rings. The average molecular weight is 189 g/mol. The number of carbonyl (C=O) groups excluding carboxylic acids is 1. The smallest absolute Gasteiger partial charge is 0.250 e. The van der Waals surface area contributed by atoms with Gasteiger partial charge < -0.3 is 11.1 Å². The van der Waals surface area contributed by atoms with Crippen molar-refractivity contribution in [2.45, 2.75) is 6.42 Å². The number of hydrogen-bond acceptors (Lipinski definition) is 3. The molecule has 0 unspecified atom stereocenters. The van der Waals surface area contributed by atoms with E-state index in [0.717, 1.165) is 0 Å². The van der Waals surface area contributed by atoms with Crippen LogP contribution >= 0.6 is 0 Å². The number of terminal acetylenes is 1. The van der Waals surface area contributed by atoms with Crippen molar-refractivity contribution in [1.82, 2.24) is 4.98 Å². The van der Waals surface area contributed by atoms with E-state index in [4.69, 9.17) is 12.2 Å². The number of rotatable bonds is 4. The molecule has 1 rings (SSSR count). The van der Waals surface area contributed by atoms with Gasteiger partial charge >= 0.3 is 0 Å². The standard InChI is InChI=1S/C10H11N3O/c1-2-3-6-12-9-5-4-8(7-13-9)10(11)14/h1,4-5,7H,3,6H2,(H2,11,14)(H,12,13). The van der Waals surface area contributed by atoms with Crippen LogP contribution in [0.15, 0.2) is 18.3 Å². The number of aromatic nitrogens is 1. The van der Waals surface area contributed by atoms with Crippen LogP contribution in [0.5, 0.6) is 0 Å². The Labute approximate surface area is 82.5 Å². The normalized spacial score (nSPS) is 9.07. The first-order valence-electron chi connectivity index (χ1n) is 4.17. The van der Waals surface area contributed by atoms with Gasteiger partial charge in [0.05, 0.1) is 5.56 Å². The molecular formula is C10H11N3O. The van der Waals surface area contributed by atoms with Gasteiger partial charge in [-0.3, -0.25) is 4.79 Å². The van der Waals surface area contributed by atoms with E-state index in [1.54, 1.807) is 12.1 Å². The molecule has 1 aromatic heterocycles. The molecule has 0 saturated carbocycles. The first kappa shape index (κ1) is 10.1. The maximum Gasteiger partial charge on any atom is 0.250 e. The molecular weight excluding hydrogens is 178 g/mol. The molecule has 3 N–H and O–H groups in total. The third-order valence-electron chi connectivity index (χ3n) is 1.62. The fourth-order valence-corrected chi connectivity index (χ4v) is 0.907. The number of amides is 1. The molecule has 14 heavy (non-hydrogen) atoms. The number of carbonyl (C=O) groups is 1. The van der Waals surface area contributed by atoms with E-state index in [1.807, 2.05) is 0 Å². The summed E-state index contributed by atoms with van der Waals surface area (Å²) in [7, 11) is 0. The van der Waals surface area contributed by atoms with Crippen molar-refractivity contribution in [3.05, 3.63) is 23.9 Å². The van der Waals surface area contributed by atoms with Crippen LogP contribution < -0.4 is 11.1 Å². The maximum absolute atomic E-state index is 10.7. The number of pyridine rings is 1. The fraction of sp³-hybridized carbons (Fsp3) is 0.200. The van der Waals surface area contributed by atoms with Gasteiger partial charge in [-0.15, -0.1) is 12.3 Å². The van der Waals surface area contributed by atoms with E-state index >= 15 is 0 Å². The summed E-state index contributed by atoms with van der Waals surface area (Å²) in [5.74, 6) is 2.71. The molecule has 0 fully saturated rings. The number of anilines is 1. The molecule has 1 amide bonds. The highest BCUT2D eigenvalue weighted by molar-refractivity contribution is 5.92. The van der Waals surface area contributed by atoms with Crippen LogP contribution in [-0.2, 0) is 0 Å².